The van der Waals surface area contributed by atoms with Crippen LogP contribution in [0.2, 0.25) is 4.34 Å². The Hall–Kier alpha value is -2.42. The topological polar surface area (TPSA) is 73.0 Å². The third-order valence-corrected chi connectivity index (χ3v) is 8.28. The average molecular weight is 487 g/mol. The van der Waals surface area contributed by atoms with Crippen molar-refractivity contribution in [3.8, 4) is 0 Å². The van der Waals surface area contributed by atoms with Gasteiger partial charge in [-0.25, -0.2) is 9.69 Å². The molecule has 5 rings (SSSR count). The van der Waals surface area contributed by atoms with Gasteiger partial charge in [0.1, 0.15) is 6.04 Å². The molecule has 3 fully saturated rings. The number of urea groups is 1. The Morgan fingerprint density at radius 2 is 1.91 bits per heavy atom. The van der Waals surface area contributed by atoms with Crippen LogP contribution < -0.4 is 10.2 Å². The molecule has 7 nitrogen and oxygen atoms in total. The van der Waals surface area contributed by atoms with Crippen LogP contribution in [0.25, 0.3) is 0 Å². The van der Waals surface area contributed by atoms with Crippen molar-refractivity contribution in [1.29, 1.82) is 0 Å². The van der Waals surface area contributed by atoms with Crippen LogP contribution in [0.1, 0.15) is 40.9 Å². The molecule has 1 aromatic heterocycles. The van der Waals surface area contributed by atoms with E-state index in [1.165, 1.54) is 34.6 Å². The van der Waals surface area contributed by atoms with Gasteiger partial charge in [-0.2, -0.15) is 0 Å². The van der Waals surface area contributed by atoms with Crippen LogP contribution in [0.3, 0.4) is 0 Å². The van der Waals surface area contributed by atoms with Gasteiger partial charge < -0.3 is 15.1 Å². The zero-order valence-corrected chi connectivity index (χ0v) is 20.3. The molecule has 1 aliphatic carbocycles. The number of hydrogen-bond donors (Lipinski definition) is 1. The zero-order chi connectivity index (χ0) is 23.3. The molecule has 9 heteroatoms. The smallest absolute Gasteiger partial charge is 0.332 e. The molecule has 2 atom stereocenters. The van der Waals surface area contributed by atoms with Crippen molar-refractivity contribution in [3.05, 3.63) is 51.2 Å². The largest absolute Gasteiger partial charge is 0.346 e. The van der Waals surface area contributed by atoms with Gasteiger partial charge in [0, 0.05) is 6.54 Å². The van der Waals surface area contributed by atoms with E-state index in [4.69, 9.17) is 11.6 Å². The molecule has 174 valence electrons. The van der Waals surface area contributed by atoms with E-state index < -0.39 is 12.1 Å². The number of nitrogens with one attached hydrogen (secondary N) is 1. The third kappa shape index (κ3) is 4.05. The number of thiophene rings is 1. The highest BCUT2D eigenvalue weighted by atomic mass is 35.5. The average Bonchev–Trinajstić information content (AvgIpc) is 3.13. The Bertz CT molecular complexity index is 1100. The predicted molar refractivity (Wildman–Crippen MR) is 129 cm³/mol. The molecule has 0 unspecified atom stereocenters. The summed E-state index contributed by atoms with van der Waals surface area (Å²) in [5.74, 6) is -0.553. The van der Waals surface area contributed by atoms with Crippen LogP contribution in [0.15, 0.2) is 36.4 Å². The third-order valence-electron chi connectivity index (χ3n) is 7.05. The van der Waals surface area contributed by atoms with E-state index in [1.54, 1.807) is 17.0 Å². The first-order valence-corrected chi connectivity index (χ1v) is 12.4. The highest BCUT2D eigenvalue weighted by molar-refractivity contribution is 7.18. The van der Waals surface area contributed by atoms with Gasteiger partial charge in [0.15, 0.2) is 0 Å². The Morgan fingerprint density at radius 1 is 1.18 bits per heavy atom. The monoisotopic (exact) mass is 486 g/mol. The van der Waals surface area contributed by atoms with Crippen molar-refractivity contribution in [1.82, 2.24) is 15.1 Å². The quantitative estimate of drug-likeness (QED) is 0.605. The van der Waals surface area contributed by atoms with Crippen LogP contribution in [-0.2, 0) is 10.2 Å². The number of benzene rings is 1. The van der Waals surface area contributed by atoms with E-state index in [0.717, 1.165) is 13.0 Å². The first-order valence-electron chi connectivity index (χ1n) is 11.3. The maximum Gasteiger partial charge on any atom is 0.332 e. The molecule has 0 radical (unpaired) electrons. The number of carbonyl (C=O) groups is 3. The molecule has 2 aromatic rings. The maximum absolute atomic E-state index is 13.3. The number of halogens is 1. The summed E-state index contributed by atoms with van der Waals surface area (Å²) in [4.78, 5) is 44.5. The Kier molecular flexibility index (Phi) is 5.71. The van der Waals surface area contributed by atoms with E-state index in [2.05, 4.69) is 36.4 Å². The molecular weight excluding hydrogens is 460 g/mol. The predicted octanol–water partition coefficient (Wildman–Crippen LogP) is 3.72. The van der Waals surface area contributed by atoms with Gasteiger partial charge in [0.05, 0.1) is 20.9 Å². The Morgan fingerprint density at radius 3 is 2.52 bits per heavy atom. The molecule has 1 aromatic carbocycles. The summed E-state index contributed by atoms with van der Waals surface area (Å²) in [7, 11) is 4.17. The van der Waals surface area contributed by atoms with Gasteiger partial charge in [-0.3, -0.25) is 9.59 Å². The summed E-state index contributed by atoms with van der Waals surface area (Å²) in [6, 6.07) is 9.80. The van der Waals surface area contributed by atoms with Crippen molar-refractivity contribution in [2.45, 2.75) is 43.2 Å². The summed E-state index contributed by atoms with van der Waals surface area (Å²) in [6.07, 6.45) is 4.00. The number of rotatable bonds is 7. The summed E-state index contributed by atoms with van der Waals surface area (Å²) < 4.78 is 0.532. The molecule has 4 amide bonds. The highest BCUT2D eigenvalue weighted by Gasteiger charge is 2.53. The molecule has 2 aliphatic heterocycles. The minimum absolute atomic E-state index is 0.224. The fourth-order valence-corrected chi connectivity index (χ4v) is 5.91. The van der Waals surface area contributed by atoms with Crippen molar-refractivity contribution in [2.75, 3.05) is 32.1 Å². The molecule has 3 aliphatic rings. The van der Waals surface area contributed by atoms with Gasteiger partial charge >= 0.3 is 6.03 Å². The lowest BCUT2D eigenvalue weighted by Gasteiger charge is -2.21. The van der Waals surface area contributed by atoms with Crippen molar-refractivity contribution in [3.63, 3.8) is 0 Å². The SMILES string of the molecule is CN(C)CCC1(c2ccc(N3C(=O)[C@@H]4[C@H](NC(=O)c5ccc(Cl)s5)CCN4C3=O)cc2)CC1. The van der Waals surface area contributed by atoms with E-state index in [0.29, 0.717) is 27.9 Å². The Labute approximate surface area is 202 Å². The minimum Gasteiger partial charge on any atom is -0.346 e. The number of anilines is 1. The first-order chi connectivity index (χ1) is 15.8. The van der Waals surface area contributed by atoms with Crippen LogP contribution in [0, 0.1) is 0 Å². The molecule has 1 N–H and O–H groups in total. The lowest BCUT2D eigenvalue weighted by atomic mass is 9.92. The van der Waals surface area contributed by atoms with Gasteiger partial charge in [0.2, 0.25) is 0 Å². The second-order valence-electron chi connectivity index (χ2n) is 9.45. The summed E-state index contributed by atoms with van der Waals surface area (Å²) in [5.41, 5.74) is 2.08. The lowest BCUT2D eigenvalue weighted by molar-refractivity contribution is -0.119. The lowest BCUT2D eigenvalue weighted by Crippen LogP contribution is -2.46. The normalized spacial score (nSPS) is 23.4. The van der Waals surface area contributed by atoms with Gasteiger partial charge in [-0.1, -0.05) is 23.7 Å². The van der Waals surface area contributed by atoms with Gasteiger partial charge in [0.25, 0.3) is 11.8 Å². The van der Waals surface area contributed by atoms with Crippen molar-refractivity contribution >= 4 is 46.5 Å². The van der Waals surface area contributed by atoms with Crippen LogP contribution in [0.5, 0.6) is 0 Å². The van der Waals surface area contributed by atoms with Crippen LogP contribution in [0.4, 0.5) is 10.5 Å². The highest BCUT2D eigenvalue weighted by Crippen LogP contribution is 2.51. The van der Waals surface area contributed by atoms with Crippen molar-refractivity contribution < 1.29 is 14.4 Å². The van der Waals surface area contributed by atoms with Crippen molar-refractivity contribution in [2.24, 2.45) is 0 Å². The number of carbonyl (C=O) groups excluding carboxylic acids is 3. The number of amides is 4. The Balaban J connectivity index is 1.30. The van der Waals surface area contributed by atoms with E-state index in [1.807, 2.05) is 12.1 Å². The molecule has 3 heterocycles. The first kappa shape index (κ1) is 22.4. The number of nitrogens with zero attached hydrogens (tertiary/aromatic N) is 3. The summed E-state index contributed by atoms with van der Waals surface area (Å²) >= 11 is 7.13. The van der Waals surface area contributed by atoms with E-state index in [-0.39, 0.29) is 23.3 Å². The van der Waals surface area contributed by atoms with Crippen LogP contribution in [-0.4, -0.2) is 66.9 Å². The fraction of sp³-hybridized carbons (Fsp3) is 0.458. The number of fused-ring (bicyclic) bond motifs is 1. The fourth-order valence-electron chi connectivity index (χ4n) is 4.97. The maximum atomic E-state index is 13.3. The molecule has 1 saturated carbocycles. The molecule has 0 bridgehead atoms. The molecular formula is C24H27ClN4O3S. The second kappa shape index (κ2) is 8.42. The number of imide groups is 1. The molecule has 33 heavy (non-hydrogen) atoms. The molecule has 0 spiro atoms. The summed E-state index contributed by atoms with van der Waals surface area (Å²) in [6.45, 7) is 1.47. The van der Waals surface area contributed by atoms with E-state index >= 15 is 0 Å². The van der Waals surface area contributed by atoms with E-state index in [9.17, 15) is 14.4 Å². The molecule has 2 saturated heterocycles. The van der Waals surface area contributed by atoms with Gasteiger partial charge in [-0.15, -0.1) is 11.3 Å². The summed E-state index contributed by atoms with van der Waals surface area (Å²) in [5, 5.41) is 2.93. The standard InChI is InChI=1S/C24H27ClN4O3S/c1-27(2)14-12-24(10-11-24)15-3-5-16(6-4-15)29-22(31)20-17(9-13-28(20)23(29)32)26-21(30)18-7-8-19(25)33-18/h3-8,17,20H,9-14H2,1-2H3,(H,26,30)/t17-,20+/m1/s1. The van der Waals surface area contributed by atoms with Gasteiger partial charge in [-0.05, 0) is 81.6 Å². The zero-order valence-electron chi connectivity index (χ0n) is 18.7. The minimum atomic E-state index is -0.675. The number of hydrogen-bond acceptors (Lipinski definition) is 5. The van der Waals surface area contributed by atoms with Crippen LogP contribution >= 0.6 is 22.9 Å². The second-order valence-corrected chi connectivity index (χ2v) is 11.2.